The highest BCUT2D eigenvalue weighted by Gasteiger charge is 2.22. The quantitative estimate of drug-likeness (QED) is 0.810. The number of nitrogens with zero attached hydrogens (tertiary/aromatic N) is 2. The number of rotatable bonds is 4. The highest BCUT2D eigenvalue weighted by Crippen LogP contribution is 2.32. The summed E-state index contributed by atoms with van der Waals surface area (Å²) < 4.78 is 0. The van der Waals surface area contributed by atoms with Crippen LogP contribution in [0.4, 0.5) is 0 Å². The van der Waals surface area contributed by atoms with Crippen molar-refractivity contribution in [1.29, 1.82) is 0 Å². The third kappa shape index (κ3) is 4.03. The normalized spacial score (nSPS) is 15.9. The van der Waals surface area contributed by atoms with Crippen LogP contribution in [0.1, 0.15) is 50.9 Å². The third-order valence-corrected chi connectivity index (χ3v) is 6.40. The molecule has 0 spiro atoms. The summed E-state index contributed by atoms with van der Waals surface area (Å²) in [6.07, 6.45) is 1.09. The fourth-order valence-electron chi connectivity index (χ4n) is 4.29. The second-order valence-electron chi connectivity index (χ2n) is 8.53. The first-order valence-electron chi connectivity index (χ1n) is 10.2. The molecule has 0 atom stereocenters. The zero-order valence-electron chi connectivity index (χ0n) is 18.2. The molecule has 3 rings (SSSR count). The number of phenolic OH excluding ortho intramolecular Hbond substituents is 2. The van der Waals surface area contributed by atoms with E-state index in [1.165, 1.54) is 0 Å². The highest BCUT2D eigenvalue weighted by atomic mass is 16.3. The first kappa shape index (κ1) is 20.7. The van der Waals surface area contributed by atoms with E-state index in [9.17, 15) is 10.2 Å². The SMILES string of the molecule is Cc1cc(C)c(CN2CCCN(Cc3c(C)cc(C)c(C)c3O)C2)c(O)c1C. The van der Waals surface area contributed by atoms with Gasteiger partial charge in [-0.15, -0.1) is 0 Å². The number of aryl methyl sites for hydroxylation is 4. The molecule has 0 aromatic heterocycles. The average molecular weight is 383 g/mol. The van der Waals surface area contributed by atoms with Crippen LogP contribution in [0, 0.1) is 41.5 Å². The molecule has 0 radical (unpaired) electrons. The van der Waals surface area contributed by atoms with Crippen molar-refractivity contribution in [3.63, 3.8) is 0 Å². The summed E-state index contributed by atoms with van der Waals surface area (Å²) in [6.45, 7) is 16.7. The van der Waals surface area contributed by atoms with Crippen molar-refractivity contribution >= 4 is 0 Å². The Hall–Kier alpha value is -2.04. The smallest absolute Gasteiger partial charge is 0.123 e. The van der Waals surface area contributed by atoms with Gasteiger partial charge >= 0.3 is 0 Å². The number of aromatic hydroxyl groups is 2. The topological polar surface area (TPSA) is 46.9 Å². The lowest BCUT2D eigenvalue weighted by atomic mass is 9.98. The molecule has 0 amide bonds. The monoisotopic (exact) mass is 382 g/mol. The fraction of sp³-hybridized carbons (Fsp3) is 0.500. The van der Waals surface area contributed by atoms with Gasteiger partial charge in [0.25, 0.3) is 0 Å². The van der Waals surface area contributed by atoms with Crippen LogP contribution in [0.5, 0.6) is 11.5 Å². The molecule has 1 aliphatic rings. The van der Waals surface area contributed by atoms with E-state index in [2.05, 4.69) is 35.8 Å². The predicted octanol–water partition coefficient (Wildman–Crippen LogP) is 4.61. The molecule has 1 fully saturated rings. The minimum Gasteiger partial charge on any atom is -0.507 e. The van der Waals surface area contributed by atoms with Crippen LogP contribution in [0.3, 0.4) is 0 Å². The second-order valence-corrected chi connectivity index (χ2v) is 8.53. The molecule has 2 aromatic carbocycles. The molecule has 0 unspecified atom stereocenters. The van der Waals surface area contributed by atoms with E-state index < -0.39 is 0 Å². The van der Waals surface area contributed by atoms with Gasteiger partial charge in [-0.2, -0.15) is 0 Å². The van der Waals surface area contributed by atoms with E-state index >= 15 is 0 Å². The molecule has 0 aliphatic carbocycles. The van der Waals surface area contributed by atoms with Crippen molar-refractivity contribution in [1.82, 2.24) is 9.80 Å². The van der Waals surface area contributed by atoms with E-state index in [1.807, 2.05) is 27.7 Å². The van der Waals surface area contributed by atoms with Crippen LogP contribution in [0.15, 0.2) is 12.1 Å². The molecule has 0 saturated carbocycles. The minimum atomic E-state index is 0.442. The molecular weight excluding hydrogens is 348 g/mol. The van der Waals surface area contributed by atoms with Crippen molar-refractivity contribution in [3.8, 4) is 11.5 Å². The van der Waals surface area contributed by atoms with Crippen LogP contribution < -0.4 is 0 Å². The molecular formula is C24H34N2O2. The molecule has 2 aromatic rings. The van der Waals surface area contributed by atoms with Crippen LogP contribution in [0.25, 0.3) is 0 Å². The van der Waals surface area contributed by atoms with Gasteiger partial charge in [0.15, 0.2) is 0 Å². The van der Waals surface area contributed by atoms with Crippen LogP contribution >= 0.6 is 0 Å². The Morgan fingerprint density at radius 1 is 0.679 bits per heavy atom. The van der Waals surface area contributed by atoms with Crippen molar-refractivity contribution in [2.45, 2.75) is 61.1 Å². The Balaban J connectivity index is 1.76. The van der Waals surface area contributed by atoms with Crippen molar-refractivity contribution < 1.29 is 10.2 Å². The van der Waals surface area contributed by atoms with Gasteiger partial charge in [0, 0.05) is 37.3 Å². The van der Waals surface area contributed by atoms with E-state index in [-0.39, 0.29) is 0 Å². The van der Waals surface area contributed by atoms with Gasteiger partial charge in [0.2, 0.25) is 0 Å². The predicted molar refractivity (Wildman–Crippen MR) is 115 cm³/mol. The Morgan fingerprint density at radius 3 is 1.46 bits per heavy atom. The maximum absolute atomic E-state index is 10.6. The maximum Gasteiger partial charge on any atom is 0.123 e. The molecule has 1 saturated heterocycles. The Kier molecular flexibility index (Phi) is 6.01. The summed E-state index contributed by atoms with van der Waals surface area (Å²) in [5.41, 5.74) is 8.61. The lowest BCUT2D eigenvalue weighted by molar-refractivity contribution is 0.0731. The van der Waals surface area contributed by atoms with Gasteiger partial charge < -0.3 is 10.2 Å². The largest absolute Gasteiger partial charge is 0.507 e. The van der Waals surface area contributed by atoms with Gasteiger partial charge in [0.05, 0.1) is 6.67 Å². The Morgan fingerprint density at radius 2 is 1.07 bits per heavy atom. The zero-order valence-corrected chi connectivity index (χ0v) is 18.2. The van der Waals surface area contributed by atoms with Gasteiger partial charge in [-0.1, -0.05) is 12.1 Å². The van der Waals surface area contributed by atoms with Crippen molar-refractivity contribution in [2.24, 2.45) is 0 Å². The minimum absolute atomic E-state index is 0.442. The van der Waals surface area contributed by atoms with Gasteiger partial charge in [-0.3, -0.25) is 9.80 Å². The number of benzene rings is 2. The zero-order chi connectivity index (χ0) is 20.6. The highest BCUT2D eigenvalue weighted by molar-refractivity contribution is 5.49. The van der Waals surface area contributed by atoms with E-state index in [4.69, 9.17) is 0 Å². The van der Waals surface area contributed by atoms with Crippen molar-refractivity contribution in [3.05, 3.63) is 56.6 Å². The summed E-state index contributed by atoms with van der Waals surface area (Å²) in [4.78, 5) is 4.79. The fourth-order valence-corrected chi connectivity index (χ4v) is 4.29. The lowest BCUT2D eigenvalue weighted by Crippen LogP contribution is -2.44. The standard InChI is InChI=1S/C24H34N2O2/c1-15-10-17(3)21(23(27)19(15)5)12-25-8-7-9-26(14-25)13-22-18(4)11-16(2)20(6)24(22)28/h10-11,27-28H,7-9,12-14H2,1-6H3. The number of hydrogen-bond acceptors (Lipinski definition) is 4. The number of hydrogen-bond donors (Lipinski definition) is 2. The summed E-state index contributed by atoms with van der Waals surface area (Å²) in [6, 6.07) is 4.34. The van der Waals surface area contributed by atoms with Gasteiger partial charge in [-0.05, 0) is 81.3 Å². The molecule has 152 valence electrons. The molecule has 1 aliphatic heterocycles. The molecule has 1 heterocycles. The average Bonchev–Trinajstić information content (AvgIpc) is 2.65. The molecule has 28 heavy (non-hydrogen) atoms. The van der Waals surface area contributed by atoms with E-state index in [0.717, 1.165) is 83.8 Å². The summed E-state index contributed by atoms with van der Waals surface area (Å²) >= 11 is 0. The summed E-state index contributed by atoms with van der Waals surface area (Å²) in [7, 11) is 0. The second kappa shape index (κ2) is 8.14. The van der Waals surface area contributed by atoms with Crippen LogP contribution in [0.2, 0.25) is 0 Å². The van der Waals surface area contributed by atoms with E-state index in [1.54, 1.807) is 0 Å². The first-order valence-corrected chi connectivity index (χ1v) is 10.2. The number of phenols is 2. The molecule has 4 nitrogen and oxygen atoms in total. The summed E-state index contributed by atoms with van der Waals surface area (Å²) in [5, 5.41) is 21.3. The van der Waals surface area contributed by atoms with Gasteiger partial charge in [0.1, 0.15) is 11.5 Å². The van der Waals surface area contributed by atoms with Crippen molar-refractivity contribution in [2.75, 3.05) is 19.8 Å². The lowest BCUT2D eigenvalue weighted by Gasteiger charge is -2.36. The van der Waals surface area contributed by atoms with Crippen LogP contribution in [-0.4, -0.2) is 39.8 Å². The Bertz CT molecular complexity index is 818. The van der Waals surface area contributed by atoms with E-state index in [0.29, 0.717) is 11.5 Å². The summed E-state index contributed by atoms with van der Waals surface area (Å²) in [5.74, 6) is 0.884. The maximum atomic E-state index is 10.6. The van der Waals surface area contributed by atoms with Crippen LogP contribution in [-0.2, 0) is 13.1 Å². The molecule has 2 N–H and O–H groups in total. The van der Waals surface area contributed by atoms with Gasteiger partial charge in [-0.25, -0.2) is 0 Å². The Labute approximate surface area is 169 Å². The first-order chi connectivity index (χ1) is 13.2. The molecule has 4 heteroatoms. The third-order valence-electron chi connectivity index (χ3n) is 6.40. The molecule has 0 bridgehead atoms.